The number of unbranched alkanes of at least 4 members (excludes halogenated alkanes) is 1. The van der Waals surface area contributed by atoms with Gasteiger partial charge in [-0.15, -0.1) is 12.4 Å². The van der Waals surface area contributed by atoms with Gasteiger partial charge in [0.25, 0.3) is 0 Å². The van der Waals surface area contributed by atoms with E-state index in [-0.39, 0.29) is 24.4 Å². The number of rotatable bonds is 5. The van der Waals surface area contributed by atoms with Crippen LogP contribution in [0, 0.1) is 0 Å². The molecule has 1 atom stereocenters. The van der Waals surface area contributed by atoms with Gasteiger partial charge in [-0.05, 0) is 31.0 Å². The highest BCUT2D eigenvalue weighted by Gasteiger charge is 2.15. The van der Waals surface area contributed by atoms with E-state index in [1.807, 2.05) is 30.5 Å². The monoisotopic (exact) mass is 295 g/mol. The summed E-state index contributed by atoms with van der Waals surface area (Å²) in [4.78, 5) is 11.7. The second-order valence-corrected chi connectivity index (χ2v) is 4.88. The van der Waals surface area contributed by atoms with Gasteiger partial charge in [0.1, 0.15) is 0 Å². The van der Waals surface area contributed by atoms with Gasteiger partial charge in [0.2, 0.25) is 5.91 Å². The summed E-state index contributed by atoms with van der Waals surface area (Å²) in [5, 5.41) is 1.07. The first-order valence-corrected chi connectivity index (χ1v) is 6.71. The van der Waals surface area contributed by atoms with Crippen LogP contribution in [0.3, 0.4) is 0 Å². The van der Waals surface area contributed by atoms with Crippen molar-refractivity contribution in [1.29, 1.82) is 0 Å². The molecule has 0 unspecified atom stereocenters. The fourth-order valence-electron chi connectivity index (χ4n) is 2.43. The molecule has 0 aliphatic heterocycles. The van der Waals surface area contributed by atoms with E-state index in [1.165, 1.54) is 0 Å². The number of fused-ring (bicyclic) bond motifs is 1. The van der Waals surface area contributed by atoms with Crippen LogP contribution in [0.4, 0.5) is 0 Å². The van der Waals surface area contributed by atoms with Gasteiger partial charge in [0, 0.05) is 24.5 Å². The summed E-state index contributed by atoms with van der Waals surface area (Å²) in [6.07, 6.45) is 4.76. The molecule has 2 aromatic rings. The van der Waals surface area contributed by atoms with Crippen LogP contribution in [0.25, 0.3) is 10.9 Å². The number of carbonyl (C=O) groups excluding carboxylic acids is 1. The highest BCUT2D eigenvalue weighted by Crippen LogP contribution is 2.27. The van der Waals surface area contributed by atoms with Crippen LogP contribution in [0.2, 0.25) is 0 Å². The van der Waals surface area contributed by atoms with E-state index in [0.29, 0.717) is 6.54 Å². The first kappa shape index (κ1) is 16.7. The van der Waals surface area contributed by atoms with Crippen molar-refractivity contribution in [3.05, 3.63) is 36.0 Å². The number of carbonyl (C=O) groups is 1. The molecular formula is C15H22ClN3O. The van der Waals surface area contributed by atoms with Crippen molar-refractivity contribution in [2.24, 2.45) is 11.5 Å². The van der Waals surface area contributed by atoms with Gasteiger partial charge in [-0.1, -0.05) is 24.6 Å². The summed E-state index contributed by atoms with van der Waals surface area (Å²) in [7, 11) is 0. The molecule has 20 heavy (non-hydrogen) atoms. The van der Waals surface area contributed by atoms with Crippen molar-refractivity contribution in [2.75, 3.05) is 6.54 Å². The molecule has 0 spiro atoms. The third-order valence-electron chi connectivity index (χ3n) is 3.45. The second-order valence-electron chi connectivity index (χ2n) is 4.88. The Balaban J connectivity index is 0.00000200. The average molecular weight is 296 g/mol. The Morgan fingerprint density at radius 1 is 1.30 bits per heavy atom. The largest absolute Gasteiger partial charge is 0.330 e. The van der Waals surface area contributed by atoms with Gasteiger partial charge in [-0.3, -0.25) is 9.36 Å². The Morgan fingerprint density at radius 3 is 2.65 bits per heavy atom. The second kappa shape index (κ2) is 7.43. The zero-order chi connectivity index (χ0) is 13.8. The molecule has 5 heteroatoms. The molecule has 1 aromatic heterocycles. The van der Waals surface area contributed by atoms with Crippen LogP contribution in [-0.2, 0) is 0 Å². The maximum Gasteiger partial charge on any atom is 0.227 e. The molecule has 2 rings (SSSR count). The smallest absolute Gasteiger partial charge is 0.227 e. The molecule has 110 valence electrons. The van der Waals surface area contributed by atoms with Gasteiger partial charge in [0.15, 0.2) is 0 Å². The quantitative estimate of drug-likeness (QED) is 0.833. The Morgan fingerprint density at radius 2 is 2.00 bits per heavy atom. The van der Waals surface area contributed by atoms with Gasteiger partial charge in [-0.25, -0.2) is 0 Å². The van der Waals surface area contributed by atoms with Crippen molar-refractivity contribution in [3.63, 3.8) is 0 Å². The third-order valence-corrected chi connectivity index (χ3v) is 3.45. The predicted molar refractivity (Wildman–Crippen MR) is 85.3 cm³/mol. The molecule has 0 amide bonds. The van der Waals surface area contributed by atoms with Crippen molar-refractivity contribution in [2.45, 2.75) is 32.2 Å². The van der Waals surface area contributed by atoms with Crippen LogP contribution in [-0.4, -0.2) is 17.0 Å². The van der Waals surface area contributed by atoms with Crippen molar-refractivity contribution in [3.8, 4) is 0 Å². The van der Waals surface area contributed by atoms with Crippen molar-refractivity contribution < 1.29 is 4.79 Å². The summed E-state index contributed by atoms with van der Waals surface area (Å²) >= 11 is 0. The van der Waals surface area contributed by atoms with Gasteiger partial charge in [0.05, 0.1) is 5.52 Å². The lowest BCUT2D eigenvalue weighted by Gasteiger charge is -2.10. The number of aromatic nitrogens is 1. The van der Waals surface area contributed by atoms with Gasteiger partial charge < -0.3 is 11.5 Å². The van der Waals surface area contributed by atoms with E-state index in [1.54, 1.807) is 11.5 Å². The minimum absolute atomic E-state index is 0. The Labute approximate surface area is 125 Å². The minimum atomic E-state index is -0.0444. The molecule has 0 saturated heterocycles. The average Bonchev–Trinajstić information content (AvgIpc) is 2.78. The topological polar surface area (TPSA) is 74.0 Å². The SMILES string of the molecule is CC(=O)n1cc([C@H](N)CCCCN)c2ccccc21.Cl. The lowest BCUT2D eigenvalue weighted by molar-refractivity contribution is 0.0941. The fraction of sp³-hybridized carbons (Fsp3) is 0.400. The molecule has 0 fully saturated rings. The van der Waals surface area contributed by atoms with Gasteiger partial charge in [-0.2, -0.15) is 0 Å². The molecular weight excluding hydrogens is 274 g/mol. The highest BCUT2D eigenvalue weighted by atomic mass is 35.5. The first-order chi connectivity index (χ1) is 9.15. The molecule has 1 aromatic carbocycles. The number of halogens is 1. The van der Waals surface area contributed by atoms with Crippen LogP contribution >= 0.6 is 12.4 Å². The number of para-hydroxylation sites is 1. The normalized spacial score (nSPS) is 12.2. The van der Waals surface area contributed by atoms with Crippen molar-refractivity contribution in [1.82, 2.24) is 4.57 Å². The lowest BCUT2D eigenvalue weighted by atomic mass is 10.0. The summed E-state index contributed by atoms with van der Waals surface area (Å²) in [6, 6.07) is 7.84. The maximum atomic E-state index is 11.7. The van der Waals surface area contributed by atoms with Crippen molar-refractivity contribution >= 4 is 29.2 Å². The maximum absolute atomic E-state index is 11.7. The number of hydrogen-bond acceptors (Lipinski definition) is 3. The summed E-state index contributed by atoms with van der Waals surface area (Å²) in [5.74, 6) is 0.0107. The molecule has 4 nitrogen and oxygen atoms in total. The molecule has 1 heterocycles. The van der Waals surface area contributed by atoms with E-state index >= 15 is 0 Å². The molecule has 0 bridgehead atoms. The van der Waals surface area contributed by atoms with E-state index in [4.69, 9.17) is 11.5 Å². The Hall–Kier alpha value is -1.36. The third kappa shape index (κ3) is 3.39. The van der Waals surface area contributed by atoms with Crippen LogP contribution in [0.5, 0.6) is 0 Å². The fourth-order valence-corrected chi connectivity index (χ4v) is 2.43. The highest BCUT2D eigenvalue weighted by molar-refractivity contribution is 5.93. The van der Waals surface area contributed by atoms with Crippen LogP contribution < -0.4 is 11.5 Å². The number of nitrogens with two attached hydrogens (primary N) is 2. The minimum Gasteiger partial charge on any atom is -0.330 e. The number of nitrogens with zero attached hydrogens (tertiary/aromatic N) is 1. The standard InChI is InChI=1S/C15H21N3O.ClH/c1-11(19)18-10-13(14(17)7-4-5-9-16)12-6-2-3-8-15(12)18;/h2-3,6,8,10,14H,4-5,7,9,16-17H2,1H3;1H/t14-;/m1./s1. The lowest BCUT2D eigenvalue weighted by Crippen LogP contribution is -2.11. The molecule has 4 N–H and O–H groups in total. The van der Waals surface area contributed by atoms with E-state index in [2.05, 4.69) is 0 Å². The Kier molecular flexibility index (Phi) is 6.20. The summed E-state index contributed by atoms with van der Waals surface area (Å²) < 4.78 is 1.67. The Bertz CT molecular complexity index is 580. The molecule has 0 aliphatic carbocycles. The summed E-state index contributed by atoms with van der Waals surface area (Å²) in [5.41, 5.74) is 13.7. The summed E-state index contributed by atoms with van der Waals surface area (Å²) in [6.45, 7) is 2.26. The zero-order valence-electron chi connectivity index (χ0n) is 11.7. The number of benzene rings is 1. The predicted octanol–water partition coefficient (Wildman–Crippen LogP) is 2.85. The van der Waals surface area contributed by atoms with Gasteiger partial charge >= 0.3 is 0 Å². The molecule has 0 radical (unpaired) electrons. The van der Waals surface area contributed by atoms with Crippen LogP contribution in [0.15, 0.2) is 30.5 Å². The van der Waals surface area contributed by atoms with Crippen LogP contribution in [0.1, 0.15) is 42.6 Å². The molecule has 0 aliphatic rings. The first-order valence-electron chi connectivity index (χ1n) is 6.71. The number of hydrogen-bond donors (Lipinski definition) is 2. The zero-order valence-corrected chi connectivity index (χ0v) is 12.5. The van der Waals surface area contributed by atoms with E-state index < -0.39 is 0 Å². The van der Waals surface area contributed by atoms with E-state index in [0.717, 1.165) is 35.7 Å². The molecule has 0 saturated carbocycles. The van der Waals surface area contributed by atoms with E-state index in [9.17, 15) is 4.79 Å².